The van der Waals surface area contributed by atoms with E-state index in [4.69, 9.17) is 9.78 Å². The van der Waals surface area contributed by atoms with E-state index in [0.717, 1.165) is 0 Å². The molecule has 0 saturated heterocycles. The summed E-state index contributed by atoms with van der Waals surface area (Å²) < 4.78 is 4.85. The van der Waals surface area contributed by atoms with Crippen molar-refractivity contribution in [1.29, 1.82) is 5.26 Å². The lowest BCUT2D eigenvalue weighted by Crippen LogP contribution is -2.34. The van der Waals surface area contributed by atoms with Gasteiger partial charge >= 0.3 is 0 Å². The van der Waals surface area contributed by atoms with Crippen molar-refractivity contribution in [3.05, 3.63) is 17.5 Å². The maximum Gasteiger partial charge on any atom is 0.276 e. The Kier molecular flexibility index (Phi) is 4.06. The molecule has 0 aromatic carbocycles. The third-order valence-electron chi connectivity index (χ3n) is 2.23. The maximum absolute atomic E-state index is 11.9. The number of rotatable bonds is 4. The van der Waals surface area contributed by atoms with Gasteiger partial charge in [0.2, 0.25) is 0 Å². The first-order valence-electron chi connectivity index (χ1n) is 5.20. The molecule has 0 spiro atoms. The Labute approximate surface area is 94.6 Å². The molecule has 0 N–H and O–H groups in total. The van der Waals surface area contributed by atoms with Gasteiger partial charge < -0.3 is 9.42 Å². The smallest absolute Gasteiger partial charge is 0.276 e. The summed E-state index contributed by atoms with van der Waals surface area (Å²) >= 11 is 0. The molecule has 1 aromatic heterocycles. The second-order valence-electron chi connectivity index (χ2n) is 3.70. The number of carbonyl (C=O) groups is 1. The predicted octanol–water partition coefficient (Wildman–Crippen LogP) is 1.60. The van der Waals surface area contributed by atoms with E-state index in [0.29, 0.717) is 24.5 Å². The molecule has 5 heteroatoms. The summed E-state index contributed by atoms with van der Waals surface area (Å²) in [6, 6.07) is 3.70. The van der Waals surface area contributed by atoms with Gasteiger partial charge in [0.1, 0.15) is 5.76 Å². The summed E-state index contributed by atoms with van der Waals surface area (Å²) in [7, 11) is 0. The summed E-state index contributed by atoms with van der Waals surface area (Å²) in [6.45, 7) is 6.35. The Morgan fingerprint density at radius 2 is 2.44 bits per heavy atom. The summed E-state index contributed by atoms with van der Waals surface area (Å²) in [5.74, 6) is 0.228. The minimum absolute atomic E-state index is 0.183. The second-order valence-corrected chi connectivity index (χ2v) is 3.70. The van der Waals surface area contributed by atoms with Crippen LogP contribution in [-0.4, -0.2) is 29.1 Å². The normalized spacial score (nSPS) is 11.9. The summed E-state index contributed by atoms with van der Waals surface area (Å²) in [6.07, 6.45) is 0. The van der Waals surface area contributed by atoms with Crippen molar-refractivity contribution in [2.45, 2.75) is 20.8 Å². The van der Waals surface area contributed by atoms with Gasteiger partial charge in [-0.15, -0.1) is 0 Å². The average molecular weight is 221 g/mol. The molecule has 16 heavy (non-hydrogen) atoms. The fourth-order valence-electron chi connectivity index (χ4n) is 1.36. The fourth-order valence-corrected chi connectivity index (χ4v) is 1.36. The number of nitrogens with zero attached hydrogens (tertiary/aromatic N) is 3. The molecule has 0 radical (unpaired) electrons. The zero-order valence-electron chi connectivity index (χ0n) is 9.73. The molecule has 86 valence electrons. The van der Waals surface area contributed by atoms with E-state index in [-0.39, 0.29) is 11.8 Å². The van der Waals surface area contributed by atoms with Crippen molar-refractivity contribution in [2.24, 2.45) is 5.92 Å². The van der Waals surface area contributed by atoms with E-state index in [1.165, 1.54) is 0 Å². The van der Waals surface area contributed by atoms with Crippen LogP contribution >= 0.6 is 0 Å². The SMILES string of the molecule is CCN(CC(C)C#N)C(=O)c1cc(C)on1. The topological polar surface area (TPSA) is 70.1 Å². The van der Waals surface area contributed by atoms with Gasteiger partial charge in [-0.2, -0.15) is 5.26 Å². The van der Waals surface area contributed by atoms with E-state index < -0.39 is 0 Å². The number of carbonyl (C=O) groups excluding carboxylic acids is 1. The Bertz CT molecular complexity index is 406. The molecule has 1 aromatic rings. The zero-order valence-corrected chi connectivity index (χ0v) is 9.73. The molecule has 0 fully saturated rings. The van der Waals surface area contributed by atoms with Crippen molar-refractivity contribution >= 4 is 5.91 Å². The van der Waals surface area contributed by atoms with Crippen molar-refractivity contribution in [1.82, 2.24) is 10.1 Å². The molecule has 0 aliphatic rings. The lowest BCUT2D eigenvalue weighted by molar-refractivity contribution is 0.0742. The quantitative estimate of drug-likeness (QED) is 0.774. The first-order valence-corrected chi connectivity index (χ1v) is 5.20. The van der Waals surface area contributed by atoms with Gasteiger partial charge in [0.15, 0.2) is 5.69 Å². The number of hydrogen-bond donors (Lipinski definition) is 0. The molecular formula is C11H15N3O2. The van der Waals surface area contributed by atoms with Gasteiger partial charge in [-0.05, 0) is 20.8 Å². The second kappa shape index (κ2) is 5.31. The number of amides is 1. The monoisotopic (exact) mass is 221 g/mol. The first-order chi connectivity index (χ1) is 7.58. The highest BCUT2D eigenvalue weighted by atomic mass is 16.5. The standard InChI is InChI=1S/C11H15N3O2/c1-4-14(7-8(2)6-12)11(15)10-5-9(3)16-13-10/h5,8H,4,7H2,1-3H3. The van der Waals surface area contributed by atoms with Gasteiger partial charge in [-0.3, -0.25) is 4.79 Å². The van der Waals surface area contributed by atoms with Crippen LogP contribution in [0.1, 0.15) is 30.1 Å². The van der Waals surface area contributed by atoms with Crippen LogP contribution in [0.2, 0.25) is 0 Å². The number of nitriles is 1. The summed E-state index contributed by atoms with van der Waals surface area (Å²) in [4.78, 5) is 13.5. The maximum atomic E-state index is 11.9. The molecule has 0 aliphatic heterocycles. The van der Waals surface area contributed by atoms with Crippen LogP contribution in [0.4, 0.5) is 0 Å². The molecule has 1 heterocycles. The Morgan fingerprint density at radius 1 is 1.75 bits per heavy atom. The molecule has 1 rings (SSSR count). The number of aryl methyl sites for hydroxylation is 1. The van der Waals surface area contributed by atoms with E-state index in [2.05, 4.69) is 11.2 Å². The van der Waals surface area contributed by atoms with E-state index in [9.17, 15) is 4.79 Å². The molecule has 0 bridgehead atoms. The molecule has 5 nitrogen and oxygen atoms in total. The Balaban J connectivity index is 2.74. The zero-order chi connectivity index (χ0) is 12.1. The van der Waals surface area contributed by atoms with Crippen LogP contribution < -0.4 is 0 Å². The fraction of sp³-hybridized carbons (Fsp3) is 0.545. The Morgan fingerprint density at radius 3 is 2.88 bits per heavy atom. The molecule has 0 aliphatic carbocycles. The minimum Gasteiger partial charge on any atom is -0.361 e. The third-order valence-corrected chi connectivity index (χ3v) is 2.23. The predicted molar refractivity (Wildman–Crippen MR) is 57.6 cm³/mol. The van der Waals surface area contributed by atoms with Gasteiger partial charge in [0, 0.05) is 19.2 Å². The van der Waals surface area contributed by atoms with Gasteiger partial charge in [0.05, 0.1) is 12.0 Å². The van der Waals surface area contributed by atoms with E-state index >= 15 is 0 Å². The third kappa shape index (κ3) is 2.83. The van der Waals surface area contributed by atoms with Crippen molar-refractivity contribution < 1.29 is 9.32 Å². The van der Waals surface area contributed by atoms with Gasteiger partial charge in [-0.1, -0.05) is 5.16 Å². The number of hydrogen-bond acceptors (Lipinski definition) is 4. The number of aromatic nitrogens is 1. The van der Waals surface area contributed by atoms with Crippen molar-refractivity contribution in [3.8, 4) is 6.07 Å². The highest BCUT2D eigenvalue weighted by Crippen LogP contribution is 2.08. The van der Waals surface area contributed by atoms with Crippen LogP contribution in [0.5, 0.6) is 0 Å². The molecule has 0 saturated carbocycles. The highest BCUT2D eigenvalue weighted by molar-refractivity contribution is 5.92. The first kappa shape index (κ1) is 12.2. The van der Waals surface area contributed by atoms with E-state index in [1.54, 1.807) is 24.8 Å². The minimum atomic E-state index is -0.193. The molecule has 1 amide bonds. The lowest BCUT2D eigenvalue weighted by atomic mass is 10.2. The van der Waals surface area contributed by atoms with Crippen LogP contribution in [0.25, 0.3) is 0 Å². The summed E-state index contributed by atoms with van der Waals surface area (Å²) in [5.41, 5.74) is 0.296. The highest BCUT2D eigenvalue weighted by Gasteiger charge is 2.19. The van der Waals surface area contributed by atoms with Crippen LogP contribution in [0.3, 0.4) is 0 Å². The Hall–Kier alpha value is -1.83. The lowest BCUT2D eigenvalue weighted by Gasteiger charge is -2.20. The van der Waals surface area contributed by atoms with Crippen LogP contribution in [0, 0.1) is 24.2 Å². The summed E-state index contributed by atoms with van der Waals surface area (Å²) in [5, 5.41) is 12.4. The van der Waals surface area contributed by atoms with Gasteiger partial charge in [0.25, 0.3) is 5.91 Å². The molecule has 1 atom stereocenters. The average Bonchev–Trinajstić information content (AvgIpc) is 2.71. The molecule has 1 unspecified atom stereocenters. The van der Waals surface area contributed by atoms with Crippen molar-refractivity contribution in [3.63, 3.8) is 0 Å². The molecular weight excluding hydrogens is 206 g/mol. The largest absolute Gasteiger partial charge is 0.361 e. The van der Waals surface area contributed by atoms with Gasteiger partial charge in [-0.25, -0.2) is 0 Å². The van der Waals surface area contributed by atoms with E-state index in [1.807, 2.05) is 6.92 Å². The van der Waals surface area contributed by atoms with Crippen LogP contribution in [-0.2, 0) is 0 Å². The van der Waals surface area contributed by atoms with Crippen molar-refractivity contribution in [2.75, 3.05) is 13.1 Å². The van der Waals surface area contributed by atoms with Crippen LogP contribution in [0.15, 0.2) is 10.6 Å².